The Balaban J connectivity index is 2.02. The third-order valence-electron chi connectivity index (χ3n) is 1.77. The third kappa shape index (κ3) is 2.50. The van der Waals surface area contributed by atoms with Crippen LogP contribution in [0.4, 0.5) is 5.13 Å². The van der Waals surface area contributed by atoms with Gasteiger partial charge in [-0.25, -0.2) is 9.97 Å². The molecule has 82 valence electrons. The standard InChI is InChI=1S/C9H7ClN4S2/c1-5-12-3-6(15-5)4-13-9-14-8(10)7(2-11)16-9/h3H,4H2,1H3,(H,13,14). The van der Waals surface area contributed by atoms with Gasteiger partial charge in [-0.05, 0) is 6.92 Å². The van der Waals surface area contributed by atoms with Gasteiger partial charge in [0.15, 0.2) is 10.3 Å². The highest BCUT2D eigenvalue weighted by molar-refractivity contribution is 7.16. The number of rotatable bonds is 3. The molecule has 0 aliphatic carbocycles. The molecule has 0 aliphatic heterocycles. The molecule has 0 bridgehead atoms. The highest BCUT2D eigenvalue weighted by atomic mass is 35.5. The number of thiazole rings is 2. The van der Waals surface area contributed by atoms with Gasteiger partial charge >= 0.3 is 0 Å². The predicted molar refractivity (Wildman–Crippen MR) is 66.0 cm³/mol. The Labute approximate surface area is 106 Å². The second-order valence-electron chi connectivity index (χ2n) is 2.95. The van der Waals surface area contributed by atoms with Crippen LogP contribution in [-0.2, 0) is 6.54 Å². The Morgan fingerprint density at radius 3 is 2.94 bits per heavy atom. The summed E-state index contributed by atoms with van der Waals surface area (Å²) in [5.74, 6) is 0. The summed E-state index contributed by atoms with van der Waals surface area (Å²) in [4.78, 5) is 9.75. The van der Waals surface area contributed by atoms with Crippen LogP contribution in [0.1, 0.15) is 14.8 Å². The van der Waals surface area contributed by atoms with Crippen LogP contribution in [0.2, 0.25) is 5.15 Å². The summed E-state index contributed by atoms with van der Waals surface area (Å²) < 4.78 is 0. The molecular weight excluding hydrogens is 264 g/mol. The molecular formula is C9H7ClN4S2. The van der Waals surface area contributed by atoms with Gasteiger partial charge in [0.25, 0.3) is 0 Å². The molecule has 16 heavy (non-hydrogen) atoms. The van der Waals surface area contributed by atoms with E-state index in [9.17, 15) is 0 Å². The summed E-state index contributed by atoms with van der Waals surface area (Å²) in [5, 5.41) is 13.8. The zero-order chi connectivity index (χ0) is 11.5. The van der Waals surface area contributed by atoms with Crippen molar-refractivity contribution < 1.29 is 0 Å². The van der Waals surface area contributed by atoms with Crippen molar-refractivity contribution in [2.45, 2.75) is 13.5 Å². The van der Waals surface area contributed by atoms with Gasteiger partial charge in [-0.15, -0.1) is 11.3 Å². The second-order valence-corrected chi connectivity index (χ2v) is 5.63. The predicted octanol–water partition coefficient (Wildman–Crippen LogP) is 3.05. The number of hydrogen-bond donors (Lipinski definition) is 1. The molecule has 7 heteroatoms. The molecule has 2 rings (SSSR count). The van der Waals surface area contributed by atoms with Gasteiger partial charge in [0, 0.05) is 11.1 Å². The first-order chi connectivity index (χ1) is 7.69. The molecule has 2 heterocycles. The van der Waals surface area contributed by atoms with Crippen molar-refractivity contribution in [1.29, 1.82) is 5.26 Å². The van der Waals surface area contributed by atoms with E-state index in [1.54, 1.807) is 11.3 Å². The fourth-order valence-corrected chi connectivity index (χ4v) is 2.77. The van der Waals surface area contributed by atoms with E-state index < -0.39 is 0 Å². The Bertz CT molecular complexity index is 540. The van der Waals surface area contributed by atoms with Crippen molar-refractivity contribution in [3.63, 3.8) is 0 Å². The van der Waals surface area contributed by atoms with Crippen LogP contribution >= 0.6 is 34.3 Å². The Morgan fingerprint density at radius 1 is 1.56 bits per heavy atom. The fraction of sp³-hybridized carbons (Fsp3) is 0.222. The van der Waals surface area contributed by atoms with Crippen molar-refractivity contribution in [3.8, 4) is 6.07 Å². The van der Waals surface area contributed by atoms with Gasteiger partial charge in [-0.1, -0.05) is 22.9 Å². The molecule has 0 radical (unpaired) electrons. The van der Waals surface area contributed by atoms with Gasteiger partial charge in [-0.2, -0.15) is 5.26 Å². The molecule has 0 atom stereocenters. The molecule has 0 saturated carbocycles. The topological polar surface area (TPSA) is 61.6 Å². The smallest absolute Gasteiger partial charge is 0.185 e. The molecule has 0 spiro atoms. The highest BCUT2D eigenvalue weighted by Gasteiger charge is 2.08. The maximum absolute atomic E-state index is 8.72. The lowest BCUT2D eigenvalue weighted by Gasteiger charge is -1.97. The fourth-order valence-electron chi connectivity index (χ4n) is 1.10. The minimum absolute atomic E-state index is 0.260. The summed E-state index contributed by atoms with van der Waals surface area (Å²) in [6, 6.07) is 1.99. The first-order valence-corrected chi connectivity index (χ1v) is 6.41. The first kappa shape index (κ1) is 11.3. The maximum atomic E-state index is 8.72. The van der Waals surface area contributed by atoms with Gasteiger partial charge in [-0.3, -0.25) is 0 Å². The zero-order valence-electron chi connectivity index (χ0n) is 8.32. The van der Waals surface area contributed by atoms with Crippen LogP contribution < -0.4 is 5.32 Å². The highest BCUT2D eigenvalue weighted by Crippen LogP contribution is 2.26. The summed E-state index contributed by atoms with van der Waals surface area (Å²) in [7, 11) is 0. The van der Waals surface area contributed by atoms with Crippen molar-refractivity contribution in [1.82, 2.24) is 9.97 Å². The van der Waals surface area contributed by atoms with Gasteiger partial charge < -0.3 is 5.32 Å². The van der Waals surface area contributed by atoms with E-state index >= 15 is 0 Å². The molecule has 0 amide bonds. The summed E-state index contributed by atoms with van der Waals surface area (Å²) in [5.41, 5.74) is 0. The molecule has 2 aromatic heterocycles. The van der Waals surface area contributed by atoms with Crippen LogP contribution in [0, 0.1) is 18.3 Å². The minimum atomic E-state index is 0.260. The average Bonchev–Trinajstić information content (AvgIpc) is 2.82. The lowest BCUT2D eigenvalue weighted by molar-refractivity contribution is 1.15. The Hall–Kier alpha value is -1.16. The van der Waals surface area contributed by atoms with Crippen LogP contribution in [-0.4, -0.2) is 9.97 Å². The lowest BCUT2D eigenvalue weighted by atomic mass is 10.5. The average molecular weight is 271 g/mol. The number of halogens is 1. The van der Waals surface area contributed by atoms with E-state index in [-0.39, 0.29) is 5.15 Å². The van der Waals surface area contributed by atoms with Crippen molar-refractivity contribution in [3.05, 3.63) is 26.1 Å². The second kappa shape index (κ2) is 4.78. The molecule has 4 nitrogen and oxygen atoms in total. The Morgan fingerprint density at radius 2 is 2.38 bits per heavy atom. The first-order valence-electron chi connectivity index (χ1n) is 4.40. The Kier molecular flexibility index (Phi) is 3.39. The molecule has 0 aliphatic rings. The summed E-state index contributed by atoms with van der Waals surface area (Å²) in [6.07, 6.45) is 1.83. The SMILES string of the molecule is Cc1ncc(CNc2nc(Cl)c(C#N)s2)s1. The van der Waals surface area contributed by atoms with Gasteiger partial charge in [0.1, 0.15) is 10.9 Å². The van der Waals surface area contributed by atoms with Crippen LogP contribution in [0.3, 0.4) is 0 Å². The molecule has 0 fully saturated rings. The van der Waals surface area contributed by atoms with E-state index in [4.69, 9.17) is 16.9 Å². The zero-order valence-corrected chi connectivity index (χ0v) is 10.7. The minimum Gasteiger partial charge on any atom is -0.356 e. The molecule has 0 aromatic carbocycles. The number of anilines is 1. The number of nitrogens with zero attached hydrogens (tertiary/aromatic N) is 3. The number of nitrogens with one attached hydrogen (secondary N) is 1. The van der Waals surface area contributed by atoms with Crippen molar-refractivity contribution >= 4 is 39.4 Å². The molecule has 0 saturated heterocycles. The quantitative estimate of drug-likeness (QED) is 0.931. The van der Waals surface area contributed by atoms with E-state index in [0.29, 0.717) is 16.6 Å². The monoisotopic (exact) mass is 270 g/mol. The van der Waals surface area contributed by atoms with Crippen molar-refractivity contribution in [2.75, 3.05) is 5.32 Å². The van der Waals surface area contributed by atoms with E-state index in [1.807, 2.05) is 19.2 Å². The molecule has 1 N–H and O–H groups in total. The number of aromatic nitrogens is 2. The maximum Gasteiger partial charge on any atom is 0.185 e. The number of aryl methyl sites for hydroxylation is 1. The largest absolute Gasteiger partial charge is 0.356 e. The van der Waals surface area contributed by atoms with Crippen LogP contribution in [0.25, 0.3) is 0 Å². The summed E-state index contributed by atoms with van der Waals surface area (Å²) >= 11 is 8.64. The third-order valence-corrected chi connectivity index (χ3v) is 3.99. The van der Waals surface area contributed by atoms with E-state index in [2.05, 4.69) is 15.3 Å². The normalized spacial score (nSPS) is 10.1. The molecule has 2 aromatic rings. The van der Waals surface area contributed by atoms with Gasteiger partial charge in [0.05, 0.1) is 11.6 Å². The van der Waals surface area contributed by atoms with Crippen LogP contribution in [0.5, 0.6) is 0 Å². The number of hydrogen-bond acceptors (Lipinski definition) is 6. The van der Waals surface area contributed by atoms with E-state index in [1.165, 1.54) is 11.3 Å². The molecule has 0 unspecified atom stereocenters. The van der Waals surface area contributed by atoms with Crippen LogP contribution in [0.15, 0.2) is 6.20 Å². The van der Waals surface area contributed by atoms with Crippen molar-refractivity contribution in [2.24, 2.45) is 0 Å². The number of nitriles is 1. The van der Waals surface area contributed by atoms with Gasteiger partial charge in [0.2, 0.25) is 0 Å². The lowest BCUT2D eigenvalue weighted by Crippen LogP contribution is -1.96. The summed E-state index contributed by atoms with van der Waals surface area (Å²) in [6.45, 7) is 2.61. The van der Waals surface area contributed by atoms with E-state index in [0.717, 1.165) is 9.88 Å².